The van der Waals surface area contributed by atoms with Crippen molar-refractivity contribution in [3.63, 3.8) is 0 Å². The molecule has 0 saturated heterocycles. The topological polar surface area (TPSA) is 82.4 Å². The number of esters is 1. The van der Waals surface area contributed by atoms with Crippen LogP contribution >= 0.6 is 0 Å². The number of amides is 1. The van der Waals surface area contributed by atoms with Gasteiger partial charge in [-0.25, -0.2) is 9.48 Å². The molecule has 1 aromatic heterocycles. The maximum atomic E-state index is 12.3. The molecule has 7 heteroatoms. The molecular formula is C22H23N3O4. The minimum atomic E-state index is -0.584. The predicted octanol–water partition coefficient (Wildman–Crippen LogP) is 3.37. The number of ether oxygens (including phenoxy) is 2. The van der Waals surface area contributed by atoms with E-state index in [1.54, 1.807) is 17.7 Å². The number of anilines is 1. The van der Waals surface area contributed by atoms with Gasteiger partial charge in [0.15, 0.2) is 6.61 Å². The molecule has 29 heavy (non-hydrogen) atoms. The van der Waals surface area contributed by atoms with E-state index in [9.17, 15) is 9.59 Å². The highest BCUT2D eigenvalue weighted by Gasteiger charge is 2.15. The van der Waals surface area contributed by atoms with Crippen molar-refractivity contribution in [2.24, 2.45) is 0 Å². The van der Waals surface area contributed by atoms with Crippen LogP contribution in [0.2, 0.25) is 0 Å². The number of hydrogen-bond acceptors (Lipinski definition) is 5. The molecule has 3 rings (SSSR count). The number of nitrogens with zero attached hydrogens (tertiary/aromatic N) is 2. The number of benzene rings is 2. The highest BCUT2D eigenvalue weighted by Crippen LogP contribution is 2.25. The van der Waals surface area contributed by atoms with E-state index in [1.165, 1.54) is 0 Å². The van der Waals surface area contributed by atoms with Crippen LogP contribution in [0.3, 0.4) is 0 Å². The third-order valence-electron chi connectivity index (χ3n) is 4.11. The second-order valence-electron chi connectivity index (χ2n) is 6.37. The second kappa shape index (κ2) is 9.66. The van der Waals surface area contributed by atoms with E-state index < -0.39 is 18.5 Å². The van der Waals surface area contributed by atoms with Crippen LogP contribution in [0.5, 0.6) is 0 Å². The summed E-state index contributed by atoms with van der Waals surface area (Å²) in [7, 11) is 0. The Hall–Kier alpha value is -3.45. The first-order valence-electron chi connectivity index (χ1n) is 9.32. The maximum Gasteiger partial charge on any atom is 0.332 e. The van der Waals surface area contributed by atoms with Gasteiger partial charge in [0.2, 0.25) is 0 Å². The average Bonchev–Trinajstić information content (AvgIpc) is 3.15. The van der Waals surface area contributed by atoms with Gasteiger partial charge in [-0.15, -0.1) is 0 Å². The molecule has 0 aliphatic carbocycles. The van der Waals surface area contributed by atoms with E-state index in [2.05, 4.69) is 10.4 Å². The van der Waals surface area contributed by atoms with Crippen LogP contribution in [-0.4, -0.2) is 41.5 Å². The first-order valence-corrected chi connectivity index (χ1v) is 9.32. The third kappa shape index (κ3) is 5.52. The fraction of sp³-hybridized carbons (Fsp3) is 0.227. The van der Waals surface area contributed by atoms with Crippen LogP contribution < -0.4 is 5.32 Å². The number of rotatable bonds is 8. The zero-order chi connectivity index (χ0) is 20.6. The molecule has 0 aliphatic heterocycles. The standard InChI is InChI=1S/C22H23N3O4/c1-3-28-15-22(27)29-14-21(26)23-20-13-19(17-11-9-16(2)10-12-17)24-25(20)18-7-5-4-6-8-18/h4-13H,3,14-15H2,1-2H3,(H,23,26). The van der Waals surface area contributed by atoms with Crippen LogP contribution in [0, 0.1) is 6.92 Å². The summed E-state index contributed by atoms with van der Waals surface area (Å²) in [5, 5.41) is 7.41. The van der Waals surface area contributed by atoms with E-state index in [-0.39, 0.29) is 6.61 Å². The number of aryl methyl sites for hydroxylation is 1. The van der Waals surface area contributed by atoms with Gasteiger partial charge < -0.3 is 14.8 Å². The zero-order valence-electron chi connectivity index (χ0n) is 16.4. The minimum absolute atomic E-state index is 0.177. The molecule has 0 radical (unpaired) electrons. The molecule has 2 aromatic carbocycles. The van der Waals surface area contributed by atoms with Gasteiger partial charge in [-0.1, -0.05) is 48.0 Å². The van der Waals surface area contributed by atoms with E-state index in [1.807, 2.05) is 61.5 Å². The van der Waals surface area contributed by atoms with E-state index in [0.29, 0.717) is 12.4 Å². The second-order valence-corrected chi connectivity index (χ2v) is 6.37. The van der Waals surface area contributed by atoms with Crippen LogP contribution in [0.25, 0.3) is 16.9 Å². The van der Waals surface area contributed by atoms with E-state index >= 15 is 0 Å². The van der Waals surface area contributed by atoms with Crippen LogP contribution in [-0.2, 0) is 19.1 Å². The quantitative estimate of drug-likeness (QED) is 0.594. The molecule has 1 heterocycles. The summed E-state index contributed by atoms with van der Waals surface area (Å²) in [6.45, 7) is 3.62. The van der Waals surface area contributed by atoms with Gasteiger partial charge in [0.25, 0.3) is 5.91 Å². The van der Waals surface area contributed by atoms with Gasteiger partial charge in [0.05, 0.1) is 11.4 Å². The normalized spacial score (nSPS) is 10.6. The molecule has 0 bridgehead atoms. The van der Waals surface area contributed by atoms with E-state index in [0.717, 1.165) is 22.5 Å². The van der Waals surface area contributed by atoms with Crippen molar-refractivity contribution in [1.29, 1.82) is 0 Å². The highest BCUT2D eigenvalue weighted by molar-refractivity contribution is 5.93. The number of hydrogen-bond donors (Lipinski definition) is 1. The lowest BCUT2D eigenvalue weighted by Gasteiger charge is -2.09. The Bertz CT molecular complexity index is 965. The lowest BCUT2D eigenvalue weighted by atomic mass is 10.1. The molecule has 3 aromatic rings. The largest absolute Gasteiger partial charge is 0.454 e. The smallest absolute Gasteiger partial charge is 0.332 e. The number of aromatic nitrogens is 2. The fourth-order valence-electron chi connectivity index (χ4n) is 2.65. The summed E-state index contributed by atoms with van der Waals surface area (Å²) in [5.41, 5.74) is 3.61. The van der Waals surface area contributed by atoms with Gasteiger partial charge in [0.1, 0.15) is 12.4 Å². The molecule has 0 unspecified atom stereocenters. The minimum Gasteiger partial charge on any atom is -0.454 e. The molecule has 0 fully saturated rings. The first kappa shape index (κ1) is 20.3. The Morgan fingerprint density at radius 2 is 1.76 bits per heavy atom. The molecule has 1 amide bonds. The Labute approximate surface area is 169 Å². The third-order valence-corrected chi connectivity index (χ3v) is 4.11. The van der Waals surface area contributed by atoms with Crippen molar-refractivity contribution in [2.45, 2.75) is 13.8 Å². The monoisotopic (exact) mass is 393 g/mol. The maximum absolute atomic E-state index is 12.3. The summed E-state index contributed by atoms with van der Waals surface area (Å²) in [6, 6.07) is 19.2. The number of carbonyl (C=O) groups is 2. The molecule has 0 aliphatic rings. The average molecular weight is 393 g/mol. The van der Waals surface area contributed by atoms with Crippen molar-refractivity contribution >= 4 is 17.7 Å². The fourth-order valence-corrected chi connectivity index (χ4v) is 2.65. The molecule has 150 valence electrons. The zero-order valence-corrected chi connectivity index (χ0v) is 16.4. The van der Waals surface area contributed by atoms with Gasteiger partial charge in [-0.3, -0.25) is 4.79 Å². The van der Waals surface area contributed by atoms with Gasteiger partial charge in [-0.2, -0.15) is 5.10 Å². The SMILES string of the molecule is CCOCC(=O)OCC(=O)Nc1cc(-c2ccc(C)cc2)nn1-c1ccccc1. The van der Waals surface area contributed by atoms with Crippen molar-refractivity contribution in [3.8, 4) is 16.9 Å². The molecule has 0 spiro atoms. The Morgan fingerprint density at radius 3 is 2.45 bits per heavy atom. The summed E-state index contributed by atoms with van der Waals surface area (Å²) in [5.74, 6) is -0.557. The Balaban J connectivity index is 1.80. The van der Waals surface area contributed by atoms with Gasteiger partial charge >= 0.3 is 5.97 Å². The van der Waals surface area contributed by atoms with Crippen LogP contribution in [0.4, 0.5) is 5.82 Å². The molecule has 1 N–H and O–H groups in total. The number of para-hydroxylation sites is 1. The summed E-state index contributed by atoms with van der Waals surface area (Å²) in [6.07, 6.45) is 0. The first-order chi connectivity index (χ1) is 14.1. The Morgan fingerprint density at radius 1 is 1.03 bits per heavy atom. The lowest BCUT2D eigenvalue weighted by molar-refractivity contribution is -0.151. The van der Waals surface area contributed by atoms with Crippen molar-refractivity contribution < 1.29 is 19.1 Å². The number of carbonyl (C=O) groups excluding carboxylic acids is 2. The molecular weight excluding hydrogens is 370 g/mol. The van der Waals surface area contributed by atoms with Crippen molar-refractivity contribution in [2.75, 3.05) is 25.1 Å². The van der Waals surface area contributed by atoms with Crippen LogP contribution in [0.15, 0.2) is 60.7 Å². The molecule has 0 saturated carbocycles. The van der Waals surface area contributed by atoms with Crippen molar-refractivity contribution in [1.82, 2.24) is 9.78 Å². The van der Waals surface area contributed by atoms with Crippen LogP contribution in [0.1, 0.15) is 12.5 Å². The van der Waals surface area contributed by atoms with Gasteiger partial charge in [0, 0.05) is 18.2 Å². The lowest BCUT2D eigenvalue weighted by Crippen LogP contribution is -2.24. The highest BCUT2D eigenvalue weighted by atomic mass is 16.6. The number of nitrogens with one attached hydrogen (secondary N) is 1. The molecule has 0 atom stereocenters. The van der Waals surface area contributed by atoms with E-state index in [4.69, 9.17) is 9.47 Å². The summed E-state index contributed by atoms with van der Waals surface area (Å²) >= 11 is 0. The summed E-state index contributed by atoms with van der Waals surface area (Å²) in [4.78, 5) is 23.8. The van der Waals surface area contributed by atoms with Crippen molar-refractivity contribution in [3.05, 3.63) is 66.2 Å². The predicted molar refractivity (Wildman–Crippen MR) is 110 cm³/mol. The van der Waals surface area contributed by atoms with Gasteiger partial charge in [-0.05, 0) is 26.0 Å². The Kier molecular flexibility index (Phi) is 6.76. The summed E-state index contributed by atoms with van der Waals surface area (Å²) < 4.78 is 11.5. The molecule has 7 nitrogen and oxygen atoms in total.